The molecule has 0 aliphatic heterocycles. The van der Waals surface area contributed by atoms with Gasteiger partial charge in [-0.2, -0.15) is 0 Å². The third kappa shape index (κ3) is 4.61. The molecule has 0 spiro atoms. The van der Waals surface area contributed by atoms with Crippen LogP contribution in [0.2, 0.25) is 0 Å². The fraction of sp³-hybridized carbons (Fsp3) is 0.889. The summed E-state index contributed by atoms with van der Waals surface area (Å²) in [6.07, 6.45) is 0.296. The molecule has 0 aliphatic rings. The first kappa shape index (κ1) is 14.4. The predicted octanol–water partition coefficient (Wildman–Crippen LogP) is 0.815. The lowest BCUT2D eigenvalue weighted by atomic mass is 10.1. The van der Waals surface area contributed by atoms with Crippen molar-refractivity contribution in [1.29, 1.82) is 0 Å². The van der Waals surface area contributed by atoms with Gasteiger partial charge in [-0.3, -0.25) is 4.79 Å². The molecular weight excluding hydrogens is 218 g/mol. The van der Waals surface area contributed by atoms with Crippen molar-refractivity contribution < 1.29 is 18.3 Å². The molecule has 0 rings (SSSR count). The first-order valence-electron chi connectivity index (χ1n) is 4.80. The zero-order valence-electron chi connectivity index (χ0n) is 9.57. The van der Waals surface area contributed by atoms with Crippen LogP contribution in [0.3, 0.4) is 0 Å². The van der Waals surface area contributed by atoms with E-state index in [9.17, 15) is 13.2 Å². The van der Waals surface area contributed by atoms with Crippen LogP contribution in [-0.4, -0.2) is 30.8 Å². The van der Waals surface area contributed by atoms with Crippen LogP contribution in [-0.2, 0) is 14.8 Å². The van der Waals surface area contributed by atoms with Crippen LogP contribution in [0.15, 0.2) is 0 Å². The number of hydrogen-bond acceptors (Lipinski definition) is 3. The number of nitrogens with one attached hydrogen (secondary N) is 1. The van der Waals surface area contributed by atoms with E-state index < -0.39 is 26.7 Å². The Morgan fingerprint density at radius 2 is 1.87 bits per heavy atom. The number of aliphatic carboxylic acids is 1. The van der Waals surface area contributed by atoms with Gasteiger partial charge in [-0.15, -0.1) is 0 Å². The molecule has 90 valence electrons. The molecule has 1 atom stereocenters. The molecular formula is C9H19NO4S. The van der Waals surface area contributed by atoms with E-state index in [0.717, 1.165) is 0 Å². The summed E-state index contributed by atoms with van der Waals surface area (Å²) in [6.45, 7) is 6.49. The van der Waals surface area contributed by atoms with Crippen LogP contribution >= 0.6 is 0 Å². The minimum atomic E-state index is -3.36. The average Bonchev–Trinajstić information content (AvgIpc) is 2.01. The van der Waals surface area contributed by atoms with Gasteiger partial charge < -0.3 is 5.11 Å². The molecule has 15 heavy (non-hydrogen) atoms. The number of carboxylic acid groups (broad SMARTS) is 1. The minimum Gasteiger partial charge on any atom is -0.481 e. The highest BCUT2D eigenvalue weighted by Crippen LogP contribution is 2.13. The Kier molecular flexibility index (Phi) is 4.73. The van der Waals surface area contributed by atoms with E-state index >= 15 is 0 Å². The zero-order valence-corrected chi connectivity index (χ0v) is 10.4. The molecule has 0 aliphatic carbocycles. The Morgan fingerprint density at radius 1 is 1.40 bits per heavy atom. The van der Waals surface area contributed by atoms with E-state index in [-0.39, 0.29) is 6.54 Å². The SMILES string of the molecule is CC(CCNS(=O)(=O)C(C)(C)C)C(=O)O. The third-order valence-electron chi connectivity index (χ3n) is 2.10. The maximum absolute atomic E-state index is 11.5. The normalized spacial score (nSPS) is 14.9. The van der Waals surface area contributed by atoms with Gasteiger partial charge in [0, 0.05) is 6.54 Å². The molecule has 0 amide bonds. The van der Waals surface area contributed by atoms with Crippen molar-refractivity contribution in [2.24, 2.45) is 5.92 Å². The van der Waals surface area contributed by atoms with E-state index in [0.29, 0.717) is 6.42 Å². The highest BCUT2D eigenvalue weighted by atomic mass is 32.2. The summed E-state index contributed by atoms with van der Waals surface area (Å²) in [4.78, 5) is 10.5. The van der Waals surface area contributed by atoms with Gasteiger partial charge in [0.15, 0.2) is 0 Å². The Morgan fingerprint density at radius 3 is 2.20 bits per heavy atom. The highest BCUT2D eigenvalue weighted by Gasteiger charge is 2.28. The van der Waals surface area contributed by atoms with Crippen molar-refractivity contribution in [2.45, 2.75) is 38.9 Å². The Balaban J connectivity index is 4.14. The summed E-state index contributed by atoms with van der Waals surface area (Å²) in [5, 5.41) is 8.59. The summed E-state index contributed by atoms with van der Waals surface area (Å²) in [7, 11) is -3.36. The fourth-order valence-corrected chi connectivity index (χ4v) is 1.57. The molecule has 6 heteroatoms. The summed E-state index contributed by atoms with van der Waals surface area (Å²) in [5.41, 5.74) is 0. The van der Waals surface area contributed by atoms with Crippen molar-refractivity contribution in [2.75, 3.05) is 6.54 Å². The number of rotatable bonds is 5. The molecule has 0 aromatic heterocycles. The average molecular weight is 237 g/mol. The lowest BCUT2D eigenvalue weighted by molar-refractivity contribution is -0.141. The van der Waals surface area contributed by atoms with Gasteiger partial charge >= 0.3 is 5.97 Å². The van der Waals surface area contributed by atoms with Gasteiger partial charge in [0.05, 0.1) is 10.7 Å². The second-order valence-corrected chi connectivity index (χ2v) is 7.06. The Labute approximate surface area is 90.9 Å². The quantitative estimate of drug-likeness (QED) is 0.741. The van der Waals surface area contributed by atoms with Crippen LogP contribution in [0.1, 0.15) is 34.1 Å². The van der Waals surface area contributed by atoms with Gasteiger partial charge in [0.1, 0.15) is 0 Å². The topological polar surface area (TPSA) is 83.5 Å². The van der Waals surface area contributed by atoms with Crippen LogP contribution in [0.4, 0.5) is 0 Å². The molecule has 0 saturated carbocycles. The molecule has 0 aromatic rings. The molecule has 1 unspecified atom stereocenters. The van der Waals surface area contributed by atoms with Gasteiger partial charge in [-0.1, -0.05) is 6.92 Å². The van der Waals surface area contributed by atoms with Gasteiger partial charge in [-0.25, -0.2) is 13.1 Å². The first-order valence-corrected chi connectivity index (χ1v) is 6.28. The van der Waals surface area contributed by atoms with Gasteiger partial charge in [-0.05, 0) is 27.2 Å². The number of sulfonamides is 1. The van der Waals surface area contributed by atoms with Crippen molar-refractivity contribution in [3.8, 4) is 0 Å². The van der Waals surface area contributed by atoms with E-state index in [1.54, 1.807) is 27.7 Å². The minimum absolute atomic E-state index is 0.160. The molecule has 2 N–H and O–H groups in total. The van der Waals surface area contributed by atoms with E-state index in [1.165, 1.54) is 0 Å². The number of hydrogen-bond donors (Lipinski definition) is 2. The Bertz CT molecular complexity index is 315. The Hall–Kier alpha value is -0.620. The van der Waals surface area contributed by atoms with Crippen molar-refractivity contribution >= 4 is 16.0 Å². The molecule has 0 aromatic carbocycles. The first-order chi connectivity index (χ1) is 6.58. The summed E-state index contributed by atoms with van der Waals surface area (Å²) in [6, 6.07) is 0. The lowest BCUT2D eigenvalue weighted by Crippen LogP contribution is -2.40. The maximum Gasteiger partial charge on any atom is 0.306 e. The molecule has 5 nitrogen and oxygen atoms in total. The second kappa shape index (κ2) is 4.94. The van der Waals surface area contributed by atoms with Crippen molar-refractivity contribution in [3.63, 3.8) is 0 Å². The van der Waals surface area contributed by atoms with E-state index in [4.69, 9.17) is 5.11 Å². The summed E-state index contributed by atoms with van der Waals surface area (Å²) >= 11 is 0. The molecule has 0 radical (unpaired) electrons. The predicted molar refractivity (Wildman–Crippen MR) is 58.1 cm³/mol. The van der Waals surface area contributed by atoms with E-state index in [2.05, 4.69) is 4.72 Å². The van der Waals surface area contributed by atoms with Crippen LogP contribution in [0.25, 0.3) is 0 Å². The van der Waals surface area contributed by atoms with Crippen molar-refractivity contribution in [1.82, 2.24) is 4.72 Å². The van der Waals surface area contributed by atoms with Crippen LogP contribution in [0, 0.1) is 5.92 Å². The summed E-state index contributed by atoms with van der Waals surface area (Å²) < 4.78 is 24.6. The molecule has 0 heterocycles. The monoisotopic (exact) mass is 237 g/mol. The standard InChI is InChI=1S/C9H19NO4S/c1-7(8(11)12)5-6-10-15(13,14)9(2,3)4/h7,10H,5-6H2,1-4H3,(H,11,12). The number of carboxylic acids is 1. The van der Waals surface area contributed by atoms with Gasteiger partial charge in [0.25, 0.3) is 0 Å². The second-order valence-electron chi connectivity index (χ2n) is 4.54. The molecule has 0 fully saturated rings. The van der Waals surface area contributed by atoms with Crippen LogP contribution < -0.4 is 4.72 Å². The van der Waals surface area contributed by atoms with Gasteiger partial charge in [0.2, 0.25) is 10.0 Å². The number of carbonyl (C=O) groups is 1. The maximum atomic E-state index is 11.5. The lowest BCUT2D eigenvalue weighted by Gasteiger charge is -2.20. The molecule has 0 saturated heterocycles. The highest BCUT2D eigenvalue weighted by molar-refractivity contribution is 7.90. The smallest absolute Gasteiger partial charge is 0.306 e. The van der Waals surface area contributed by atoms with Crippen LogP contribution in [0.5, 0.6) is 0 Å². The molecule has 0 bridgehead atoms. The fourth-order valence-electron chi connectivity index (χ4n) is 0.750. The zero-order chi connectivity index (χ0) is 12.3. The third-order valence-corrected chi connectivity index (χ3v) is 4.29. The van der Waals surface area contributed by atoms with E-state index in [1.807, 2.05) is 0 Å². The van der Waals surface area contributed by atoms with Crippen molar-refractivity contribution in [3.05, 3.63) is 0 Å². The largest absolute Gasteiger partial charge is 0.481 e. The summed E-state index contributed by atoms with van der Waals surface area (Å²) in [5.74, 6) is -1.45.